The number of H-pyrrole nitrogens is 1. The van der Waals surface area contributed by atoms with E-state index in [4.69, 9.17) is 11.6 Å². The van der Waals surface area contributed by atoms with Gasteiger partial charge in [0.15, 0.2) is 5.69 Å². The fraction of sp³-hybridized carbons (Fsp3) is 0.412. The second-order valence-corrected chi connectivity index (χ2v) is 6.77. The molecule has 2 aliphatic rings. The number of benzene rings is 1. The molecule has 1 atom stereocenters. The van der Waals surface area contributed by atoms with E-state index >= 15 is 0 Å². The van der Waals surface area contributed by atoms with Crippen LogP contribution in [0.3, 0.4) is 0 Å². The SMILES string of the molecule is O=C(NC1CCN(c2ccc(Cl)cc2)C1)c1n[nH]c2c1CNCC2. The largest absolute Gasteiger partial charge is 0.369 e. The van der Waals surface area contributed by atoms with Gasteiger partial charge in [-0.3, -0.25) is 9.89 Å². The van der Waals surface area contributed by atoms with Crippen LogP contribution in [0.5, 0.6) is 0 Å². The van der Waals surface area contributed by atoms with Gasteiger partial charge in [0.05, 0.1) is 0 Å². The van der Waals surface area contributed by atoms with E-state index in [9.17, 15) is 4.79 Å². The van der Waals surface area contributed by atoms with Gasteiger partial charge in [0.25, 0.3) is 5.91 Å². The molecule has 2 aromatic rings. The minimum atomic E-state index is -0.0841. The number of aromatic nitrogens is 2. The second-order valence-electron chi connectivity index (χ2n) is 6.34. The number of halogens is 1. The smallest absolute Gasteiger partial charge is 0.272 e. The number of aromatic amines is 1. The van der Waals surface area contributed by atoms with Crippen LogP contribution in [0.2, 0.25) is 5.02 Å². The lowest BCUT2D eigenvalue weighted by Gasteiger charge is -2.19. The summed E-state index contributed by atoms with van der Waals surface area (Å²) in [5.41, 5.74) is 3.75. The van der Waals surface area contributed by atoms with Crippen LogP contribution in [0.15, 0.2) is 24.3 Å². The van der Waals surface area contributed by atoms with Crippen LogP contribution < -0.4 is 15.5 Å². The molecule has 1 saturated heterocycles. The molecule has 0 spiro atoms. The third-order valence-corrected chi connectivity index (χ3v) is 4.99. The van der Waals surface area contributed by atoms with Crippen molar-refractivity contribution in [2.75, 3.05) is 24.5 Å². The van der Waals surface area contributed by atoms with Crippen molar-refractivity contribution in [1.29, 1.82) is 0 Å². The van der Waals surface area contributed by atoms with E-state index in [-0.39, 0.29) is 11.9 Å². The molecule has 126 valence electrons. The summed E-state index contributed by atoms with van der Waals surface area (Å²) in [5, 5.41) is 14.4. The van der Waals surface area contributed by atoms with Gasteiger partial charge in [-0.2, -0.15) is 5.10 Å². The summed E-state index contributed by atoms with van der Waals surface area (Å²) in [5.74, 6) is -0.0841. The zero-order chi connectivity index (χ0) is 16.5. The number of carbonyl (C=O) groups excluding carboxylic acids is 1. The van der Waals surface area contributed by atoms with Crippen molar-refractivity contribution in [3.63, 3.8) is 0 Å². The number of hydrogen-bond donors (Lipinski definition) is 3. The lowest BCUT2D eigenvalue weighted by Crippen LogP contribution is -2.38. The number of rotatable bonds is 3. The molecular weight excluding hydrogens is 326 g/mol. The maximum Gasteiger partial charge on any atom is 0.272 e. The van der Waals surface area contributed by atoms with Crippen LogP contribution in [0.1, 0.15) is 28.2 Å². The number of fused-ring (bicyclic) bond motifs is 1. The van der Waals surface area contributed by atoms with Gasteiger partial charge >= 0.3 is 0 Å². The van der Waals surface area contributed by atoms with Gasteiger partial charge in [-0.05, 0) is 30.7 Å². The average molecular weight is 346 g/mol. The fourth-order valence-corrected chi connectivity index (χ4v) is 3.56. The molecule has 4 rings (SSSR count). The summed E-state index contributed by atoms with van der Waals surface area (Å²) in [6.07, 6.45) is 1.82. The predicted molar refractivity (Wildman–Crippen MR) is 93.5 cm³/mol. The Bertz CT molecular complexity index is 742. The lowest BCUT2D eigenvalue weighted by atomic mass is 10.1. The van der Waals surface area contributed by atoms with Gasteiger partial charge in [-0.15, -0.1) is 0 Å². The third kappa shape index (κ3) is 2.99. The van der Waals surface area contributed by atoms with Crippen molar-refractivity contribution in [1.82, 2.24) is 20.8 Å². The van der Waals surface area contributed by atoms with E-state index < -0.39 is 0 Å². The number of hydrogen-bond acceptors (Lipinski definition) is 4. The Hall–Kier alpha value is -2.05. The maximum absolute atomic E-state index is 12.6. The first-order valence-corrected chi connectivity index (χ1v) is 8.67. The molecule has 1 amide bonds. The third-order valence-electron chi connectivity index (χ3n) is 4.74. The molecule has 0 aliphatic carbocycles. The van der Waals surface area contributed by atoms with Crippen LogP contribution in [-0.4, -0.2) is 41.8 Å². The highest BCUT2D eigenvalue weighted by atomic mass is 35.5. The number of anilines is 1. The average Bonchev–Trinajstić information content (AvgIpc) is 3.22. The predicted octanol–water partition coefficient (Wildman–Crippen LogP) is 1.72. The molecule has 7 heteroatoms. The summed E-state index contributed by atoms with van der Waals surface area (Å²) >= 11 is 5.94. The quantitative estimate of drug-likeness (QED) is 0.792. The van der Waals surface area contributed by atoms with Gasteiger partial charge in [-0.25, -0.2) is 0 Å². The van der Waals surface area contributed by atoms with Crippen molar-refractivity contribution in [2.45, 2.75) is 25.4 Å². The lowest BCUT2D eigenvalue weighted by molar-refractivity contribution is 0.0934. The summed E-state index contributed by atoms with van der Waals surface area (Å²) in [6, 6.07) is 7.96. The van der Waals surface area contributed by atoms with E-state index in [0.29, 0.717) is 12.2 Å². The molecule has 3 heterocycles. The van der Waals surface area contributed by atoms with Crippen molar-refractivity contribution in [2.24, 2.45) is 0 Å². The van der Waals surface area contributed by atoms with Crippen LogP contribution in [-0.2, 0) is 13.0 Å². The molecular formula is C17H20ClN5O. The van der Waals surface area contributed by atoms with Crippen molar-refractivity contribution >= 4 is 23.2 Å². The first-order chi connectivity index (χ1) is 11.7. The van der Waals surface area contributed by atoms with Gasteiger partial charge < -0.3 is 15.5 Å². The Morgan fingerprint density at radius 2 is 2.17 bits per heavy atom. The number of amides is 1. The molecule has 24 heavy (non-hydrogen) atoms. The summed E-state index contributed by atoms with van der Waals surface area (Å²) in [7, 11) is 0. The van der Waals surface area contributed by atoms with E-state index in [0.717, 1.165) is 54.4 Å². The molecule has 0 saturated carbocycles. The molecule has 1 unspecified atom stereocenters. The Morgan fingerprint density at radius 1 is 1.33 bits per heavy atom. The summed E-state index contributed by atoms with van der Waals surface area (Å²) in [4.78, 5) is 14.8. The fourth-order valence-electron chi connectivity index (χ4n) is 3.43. The zero-order valence-electron chi connectivity index (χ0n) is 13.3. The molecule has 1 aromatic heterocycles. The van der Waals surface area contributed by atoms with Crippen molar-refractivity contribution in [3.05, 3.63) is 46.2 Å². The highest BCUT2D eigenvalue weighted by molar-refractivity contribution is 6.30. The number of nitrogens with one attached hydrogen (secondary N) is 3. The Balaban J connectivity index is 1.40. The number of nitrogens with zero attached hydrogens (tertiary/aromatic N) is 2. The van der Waals surface area contributed by atoms with Crippen LogP contribution >= 0.6 is 11.6 Å². The van der Waals surface area contributed by atoms with E-state index in [1.54, 1.807) is 0 Å². The number of carbonyl (C=O) groups is 1. The van der Waals surface area contributed by atoms with Gasteiger partial charge in [-0.1, -0.05) is 11.6 Å². The molecule has 1 aromatic carbocycles. The highest BCUT2D eigenvalue weighted by Gasteiger charge is 2.27. The standard InChI is InChI=1S/C17H20ClN5O/c18-11-1-3-13(4-2-11)23-8-6-12(10-23)20-17(24)16-14-9-19-7-5-15(14)21-22-16/h1-4,12,19H,5-10H2,(H,20,24)(H,21,22). The summed E-state index contributed by atoms with van der Waals surface area (Å²) < 4.78 is 0. The van der Waals surface area contributed by atoms with E-state index in [1.165, 1.54) is 0 Å². The minimum absolute atomic E-state index is 0.0841. The van der Waals surface area contributed by atoms with Gasteiger partial charge in [0.2, 0.25) is 0 Å². The molecule has 6 nitrogen and oxygen atoms in total. The second kappa shape index (κ2) is 6.45. The maximum atomic E-state index is 12.6. The Kier molecular flexibility index (Phi) is 4.16. The first kappa shape index (κ1) is 15.5. The highest BCUT2D eigenvalue weighted by Crippen LogP contribution is 2.23. The molecule has 3 N–H and O–H groups in total. The Labute approximate surface area is 145 Å². The van der Waals surface area contributed by atoms with E-state index in [2.05, 4.69) is 25.7 Å². The molecule has 0 radical (unpaired) electrons. The first-order valence-electron chi connectivity index (χ1n) is 8.29. The monoisotopic (exact) mass is 345 g/mol. The van der Waals surface area contributed by atoms with E-state index in [1.807, 2.05) is 24.3 Å². The summed E-state index contributed by atoms with van der Waals surface area (Å²) in [6.45, 7) is 3.36. The topological polar surface area (TPSA) is 73.0 Å². The Morgan fingerprint density at radius 3 is 3.00 bits per heavy atom. The molecule has 0 bridgehead atoms. The molecule has 2 aliphatic heterocycles. The van der Waals surface area contributed by atoms with Crippen LogP contribution in [0.25, 0.3) is 0 Å². The van der Waals surface area contributed by atoms with Crippen LogP contribution in [0.4, 0.5) is 5.69 Å². The van der Waals surface area contributed by atoms with Crippen molar-refractivity contribution < 1.29 is 4.79 Å². The molecule has 1 fully saturated rings. The van der Waals surface area contributed by atoms with Crippen LogP contribution in [0, 0.1) is 0 Å². The minimum Gasteiger partial charge on any atom is -0.369 e. The zero-order valence-corrected chi connectivity index (χ0v) is 14.1. The van der Waals surface area contributed by atoms with Gasteiger partial charge in [0.1, 0.15) is 0 Å². The van der Waals surface area contributed by atoms with Crippen molar-refractivity contribution in [3.8, 4) is 0 Å². The van der Waals surface area contributed by atoms with Gasteiger partial charge in [0, 0.05) is 60.6 Å². The normalized spacial score (nSPS) is 20.0.